The van der Waals surface area contributed by atoms with Gasteiger partial charge in [0.25, 0.3) is 0 Å². The monoisotopic (exact) mass is 465 g/mol. The van der Waals surface area contributed by atoms with E-state index >= 15 is 0 Å². The van der Waals surface area contributed by atoms with Crippen molar-refractivity contribution in [1.82, 2.24) is 19.8 Å². The van der Waals surface area contributed by atoms with Crippen molar-refractivity contribution in [3.63, 3.8) is 0 Å². The highest BCUT2D eigenvalue weighted by atomic mass is 19.1. The van der Waals surface area contributed by atoms with Crippen LogP contribution in [0.2, 0.25) is 0 Å². The molecule has 1 aliphatic carbocycles. The first-order valence-electron chi connectivity index (χ1n) is 12.9. The van der Waals surface area contributed by atoms with Crippen molar-refractivity contribution in [2.45, 2.75) is 76.8 Å². The molecule has 3 aliphatic rings. The Bertz CT molecular complexity index is 1010. The van der Waals surface area contributed by atoms with E-state index in [1.54, 1.807) is 18.3 Å². The molecule has 2 saturated heterocycles. The normalized spacial score (nSPS) is 23.8. The molecule has 182 valence electrons. The SMILES string of the molecule is CC1(C(=O)N2CCCC[C@@H]2c2nc(N)ncc2-c2ccc(F)cc2)CCN(C2CCCC2)CC1. The summed E-state index contributed by atoms with van der Waals surface area (Å²) in [5, 5.41) is 0. The Hall–Kier alpha value is -2.54. The van der Waals surface area contributed by atoms with E-state index in [0.29, 0.717) is 6.04 Å². The van der Waals surface area contributed by atoms with E-state index in [2.05, 4.69) is 26.7 Å². The van der Waals surface area contributed by atoms with Crippen LogP contribution in [-0.4, -0.2) is 51.4 Å². The average molecular weight is 466 g/mol. The largest absolute Gasteiger partial charge is 0.368 e. The smallest absolute Gasteiger partial charge is 0.229 e. The summed E-state index contributed by atoms with van der Waals surface area (Å²) >= 11 is 0. The minimum Gasteiger partial charge on any atom is -0.368 e. The highest BCUT2D eigenvalue weighted by Gasteiger charge is 2.44. The van der Waals surface area contributed by atoms with Crippen molar-refractivity contribution in [1.29, 1.82) is 0 Å². The second kappa shape index (κ2) is 9.61. The van der Waals surface area contributed by atoms with Crippen molar-refractivity contribution in [2.24, 2.45) is 5.41 Å². The van der Waals surface area contributed by atoms with Gasteiger partial charge in [-0.15, -0.1) is 0 Å². The zero-order valence-corrected chi connectivity index (χ0v) is 20.2. The first kappa shape index (κ1) is 23.2. The number of hydrogen-bond acceptors (Lipinski definition) is 5. The first-order chi connectivity index (χ1) is 16.4. The number of amides is 1. The fourth-order valence-electron chi connectivity index (χ4n) is 6.19. The Morgan fingerprint density at radius 2 is 1.71 bits per heavy atom. The molecule has 2 aromatic rings. The number of anilines is 1. The van der Waals surface area contributed by atoms with E-state index in [0.717, 1.165) is 68.6 Å². The van der Waals surface area contributed by atoms with Crippen molar-refractivity contribution in [2.75, 3.05) is 25.4 Å². The Balaban J connectivity index is 1.40. The lowest BCUT2D eigenvalue weighted by Crippen LogP contribution is -2.52. The number of rotatable bonds is 4. The number of hydrogen-bond donors (Lipinski definition) is 1. The fourth-order valence-corrected chi connectivity index (χ4v) is 6.19. The molecule has 0 unspecified atom stereocenters. The topological polar surface area (TPSA) is 75.3 Å². The molecule has 34 heavy (non-hydrogen) atoms. The zero-order valence-electron chi connectivity index (χ0n) is 20.2. The van der Waals surface area contributed by atoms with Gasteiger partial charge in [-0.1, -0.05) is 31.9 Å². The van der Waals surface area contributed by atoms with Crippen LogP contribution in [0.5, 0.6) is 0 Å². The quantitative estimate of drug-likeness (QED) is 0.691. The van der Waals surface area contributed by atoms with E-state index < -0.39 is 0 Å². The maximum Gasteiger partial charge on any atom is 0.229 e. The summed E-state index contributed by atoms with van der Waals surface area (Å²) in [7, 11) is 0. The molecule has 5 rings (SSSR count). The van der Waals surface area contributed by atoms with Crippen LogP contribution in [0.1, 0.15) is 76.4 Å². The molecule has 6 nitrogen and oxygen atoms in total. The van der Waals surface area contributed by atoms with Gasteiger partial charge in [0.15, 0.2) is 0 Å². The van der Waals surface area contributed by atoms with Gasteiger partial charge in [0.2, 0.25) is 11.9 Å². The van der Waals surface area contributed by atoms with Crippen LogP contribution in [0.4, 0.5) is 10.3 Å². The van der Waals surface area contributed by atoms with Gasteiger partial charge >= 0.3 is 0 Å². The van der Waals surface area contributed by atoms with E-state index in [4.69, 9.17) is 5.73 Å². The minimum atomic E-state index is -0.348. The van der Waals surface area contributed by atoms with Gasteiger partial charge in [-0.3, -0.25) is 4.79 Å². The lowest BCUT2D eigenvalue weighted by atomic mass is 9.77. The fraction of sp³-hybridized carbons (Fsp3) is 0.593. The molecule has 1 aromatic carbocycles. The van der Waals surface area contributed by atoms with Crippen LogP contribution in [0.3, 0.4) is 0 Å². The number of nitrogens with two attached hydrogens (primary N) is 1. The summed E-state index contributed by atoms with van der Waals surface area (Å²) < 4.78 is 13.6. The molecule has 1 atom stereocenters. The number of carbonyl (C=O) groups is 1. The van der Waals surface area contributed by atoms with Crippen LogP contribution in [0.25, 0.3) is 11.1 Å². The Kier molecular flexibility index (Phi) is 6.56. The number of aromatic nitrogens is 2. The molecule has 3 heterocycles. The molecule has 0 bridgehead atoms. The third-order valence-electron chi connectivity index (χ3n) is 8.33. The van der Waals surface area contributed by atoms with Gasteiger partial charge < -0.3 is 15.5 Å². The van der Waals surface area contributed by atoms with E-state index in [9.17, 15) is 9.18 Å². The summed E-state index contributed by atoms with van der Waals surface area (Å²) in [6.07, 6.45) is 11.7. The molecule has 3 fully saturated rings. The highest BCUT2D eigenvalue weighted by molar-refractivity contribution is 5.83. The molecular formula is C27H36FN5O. The molecule has 7 heteroatoms. The molecule has 2 aliphatic heterocycles. The summed E-state index contributed by atoms with van der Waals surface area (Å²) in [5.74, 6) is 0.161. The summed E-state index contributed by atoms with van der Waals surface area (Å²) in [6, 6.07) is 6.93. The lowest BCUT2D eigenvalue weighted by molar-refractivity contribution is -0.148. The van der Waals surface area contributed by atoms with Crippen LogP contribution in [-0.2, 0) is 4.79 Å². The summed E-state index contributed by atoms with van der Waals surface area (Å²) in [6.45, 7) is 4.90. The Labute approximate surface area is 201 Å². The van der Waals surface area contributed by atoms with Gasteiger partial charge in [0.05, 0.1) is 11.7 Å². The number of nitrogens with zero attached hydrogens (tertiary/aromatic N) is 4. The Morgan fingerprint density at radius 1 is 1.03 bits per heavy atom. The predicted octanol–water partition coefficient (Wildman–Crippen LogP) is 4.96. The second-order valence-corrected chi connectivity index (χ2v) is 10.6. The number of nitrogen functional groups attached to an aromatic ring is 1. The standard InChI is InChI=1S/C27H36FN5O/c1-27(13-16-32(17-14-27)21-6-2-3-7-21)25(34)33-15-5-4-8-23(33)24-22(18-30-26(29)31-24)19-9-11-20(28)12-10-19/h9-12,18,21,23H,2-8,13-17H2,1H3,(H2,29,30,31)/t23-/m1/s1. The Morgan fingerprint density at radius 3 is 2.41 bits per heavy atom. The minimum absolute atomic E-state index is 0.142. The molecule has 1 amide bonds. The zero-order chi connectivity index (χ0) is 23.7. The van der Waals surface area contributed by atoms with Crippen LogP contribution < -0.4 is 5.73 Å². The number of piperidine rings is 2. The molecule has 1 saturated carbocycles. The van der Waals surface area contributed by atoms with Crippen LogP contribution >= 0.6 is 0 Å². The van der Waals surface area contributed by atoms with Crippen LogP contribution in [0, 0.1) is 11.2 Å². The highest BCUT2D eigenvalue weighted by Crippen LogP contribution is 2.42. The van der Waals surface area contributed by atoms with Crippen molar-refractivity contribution in [3.8, 4) is 11.1 Å². The van der Waals surface area contributed by atoms with Crippen molar-refractivity contribution >= 4 is 11.9 Å². The third kappa shape index (κ3) is 4.54. The van der Waals surface area contributed by atoms with Gasteiger partial charge in [-0.2, -0.15) is 0 Å². The molecule has 2 N–H and O–H groups in total. The number of likely N-dealkylation sites (tertiary alicyclic amines) is 2. The second-order valence-electron chi connectivity index (χ2n) is 10.6. The average Bonchev–Trinajstić information content (AvgIpc) is 3.40. The van der Waals surface area contributed by atoms with Crippen molar-refractivity contribution in [3.05, 3.63) is 42.0 Å². The van der Waals surface area contributed by atoms with Gasteiger partial charge in [-0.25, -0.2) is 14.4 Å². The lowest BCUT2D eigenvalue weighted by Gasteiger charge is -2.46. The summed E-state index contributed by atoms with van der Waals surface area (Å²) in [5.41, 5.74) is 8.10. The van der Waals surface area contributed by atoms with E-state index in [-0.39, 0.29) is 29.1 Å². The summed E-state index contributed by atoms with van der Waals surface area (Å²) in [4.78, 5) is 27.6. The predicted molar refractivity (Wildman–Crippen MR) is 131 cm³/mol. The molecule has 0 radical (unpaired) electrons. The first-order valence-corrected chi connectivity index (χ1v) is 12.9. The maximum atomic E-state index is 14.0. The van der Waals surface area contributed by atoms with Crippen molar-refractivity contribution < 1.29 is 9.18 Å². The van der Waals surface area contributed by atoms with Crippen LogP contribution in [0.15, 0.2) is 30.5 Å². The number of carbonyl (C=O) groups excluding carboxylic acids is 1. The third-order valence-corrected chi connectivity index (χ3v) is 8.33. The maximum absolute atomic E-state index is 14.0. The number of halogens is 1. The number of benzene rings is 1. The van der Waals surface area contributed by atoms with Gasteiger partial charge in [0.1, 0.15) is 5.82 Å². The molecular weight excluding hydrogens is 429 g/mol. The van der Waals surface area contributed by atoms with E-state index in [1.165, 1.54) is 37.8 Å². The molecule has 1 aromatic heterocycles. The van der Waals surface area contributed by atoms with Gasteiger partial charge in [0, 0.05) is 29.8 Å². The van der Waals surface area contributed by atoms with Gasteiger partial charge in [-0.05, 0) is 75.7 Å². The molecule has 0 spiro atoms. The van der Waals surface area contributed by atoms with E-state index in [1.807, 2.05) is 0 Å².